The lowest BCUT2D eigenvalue weighted by Gasteiger charge is -2.30. The molecule has 0 spiro atoms. The number of fused-ring (bicyclic) bond motifs is 1. The van der Waals surface area contributed by atoms with Gasteiger partial charge in [-0.1, -0.05) is 30.3 Å². The number of nitrogens with one attached hydrogen (secondary N) is 1. The number of hydrogen-bond acceptors (Lipinski definition) is 4. The number of aryl methyl sites for hydroxylation is 1. The zero-order chi connectivity index (χ0) is 19.3. The summed E-state index contributed by atoms with van der Waals surface area (Å²) in [5.41, 5.74) is 2.60. The maximum absolute atomic E-state index is 12.4. The molecule has 1 fully saturated rings. The summed E-state index contributed by atoms with van der Waals surface area (Å²) in [5.74, 6) is 0.453. The van der Waals surface area contributed by atoms with E-state index in [0.717, 1.165) is 25.7 Å². The van der Waals surface area contributed by atoms with Crippen molar-refractivity contribution in [2.24, 2.45) is 0 Å². The van der Waals surface area contributed by atoms with Crippen LogP contribution < -0.4 is 15.0 Å². The van der Waals surface area contributed by atoms with Crippen molar-refractivity contribution in [2.45, 2.75) is 31.8 Å². The molecule has 2 heterocycles. The van der Waals surface area contributed by atoms with Crippen LogP contribution in [0.1, 0.15) is 24.8 Å². The smallest absolute Gasteiger partial charge is 0.265 e. The second-order valence-electron chi connectivity index (χ2n) is 7.10. The fraction of sp³-hybridized carbons (Fsp3) is 0.364. The maximum atomic E-state index is 12.4. The Morgan fingerprint density at radius 3 is 2.82 bits per heavy atom. The van der Waals surface area contributed by atoms with Crippen LogP contribution in [0.3, 0.4) is 0 Å². The van der Waals surface area contributed by atoms with Gasteiger partial charge in [-0.3, -0.25) is 9.59 Å². The van der Waals surface area contributed by atoms with E-state index in [1.165, 1.54) is 5.56 Å². The summed E-state index contributed by atoms with van der Waals surface area (Å²) < 4.78 is 11.0. The molecule has 2 amide bonds. The fourth-order valence-corrected chi connectivity index (χ4v) is 3.62. The number of hydrogen-bond donors (Lipinski definition) is 1. The van der Waals surface area contributed by atoms with E-state index in [9.17, 15) is 9.59 Å². The molecule has 1 saturated heterocycles. The number of anilines is 2. The van der Waals surface area contributed by atoms with Crippen LogP contribution in [0.4, 0.5) is 11.4 Å². The summed E-state index contributed by atoms with van der Waals surface area (Å²) in [5, 5.41) is 2.89. The Hall–Kier alpha value is -2.86. The minimum atomic E-state index is -0.393. The quantitative estimate of drug-likeness (QED) is 0.836. The second kappa shape index (κ2) is 8.44. The van der Waals surface area contributed by atoms with E-state index in [0.29, 0.717) is 30.3 Å². The number of amides is 2. The van der Waals surface area contributed by atoms with Crippen molar-refractivity contribution in [1.82, 2.24) is 0 Å². The minimum absolute atomic E-state index is 0.0416. The molecular formula is C22H24N2O4. The maximum Gasteiger partial charge on any atom is 0.265 e. The van der Waals surface area contributed by atoms with Crippen LogP contribution in [-0.4, -0.2) is 37.7 Å². The van der Waals surface area contributed by atoms with E-state index in [2.05, 4.69) is 17.4 Å². The van der Waals surface area contributed by atoms with E-state index in [1.807, 2.05) is 24.3 Å². The van der Waals surface area contributed by atoms with Gasteiger partial charge in [0.25, 0.3) is 11.8 Å². The van der Waals surface area contributed by atoms with Gasteiger partial charge >= 0.3 is 0 Å². The molecule has 2 aliphatic heterocycles. The first-order valence-electron chi connectivity index (χ1n) is 9.74. The molecule has 6 heteroatoms. The molecule has 0 aromatic heterocycles. The molecule has 2 aromatic rings. The highest BCUT2D eigenvalue weighted by molar-refractivity contribution is 6.00. The number of rotatable bonds is 6. The van der Waals surface area contributed by atoms with Crippen LogP contribution >= 0.6 is 0 Å². The van der Waals surface area contributed by atoms with Crippen molar-refractivity contribution in [2.75, 3.05) is 30.0 Å². The number of carbonyl (C=O) groups excluding carboxylic acids is 2. The van der Waals surface area contributed by atoms with E-state index in [4.69, 9.17) is 9.47 Å². The Kier molecular flexibility index (Phi) is 5.58. The van der Waals surface area contributed by atoms with E-state index < -0.39 is 6.10 Å². The van der Waals surface area contributed by atoms with Gasteiger partial charge in [-0.25, -0.2) is 0 Å². The molecular weight excluding hydrogens is 356 g/mol. The van der Waals surface area contributed by atoms with Crippen molar-refractivity contribution < 1.29 is 19.1 Å². The normalized spacial score (nSPS) is 18.5. The predicted octanol–water partition coefficient (Wildman–Crippen LogP) is 3.16. The Balaban J connectivity index is 1.45. The van der Waals surface area contributed by atoms with Crippen molar-refractivity contribution in [3.8, 4) is 5.75 Å². The number of ether oxygens (including phenoxy) is 2. The molecule has 0 aliphatic carbocycles. The van der Waals surface area contributed by atoms with Gasteiger partial charge in [-0.2, -0.15) is 0 Å². The lowest BCUT2D eigenvalue weighted by atomic mass is 10.1. The summed E-state index contributed by atoms with van der Waals surface area (Å²) in [6.45, 7) is 1.27. The summed E-state index contributed by atoms with van der Waals surface area (Å²) in [4.78, 5) is 26.5. The Bertz CT molecular complexity index is 847. The number of carbonyl (C=O) groups is 2. The molecule has 4 rings (SSSR count). The first-order chi connectivity index (χ1) is 13.7. The minimum Gasteiger partial charge on any atom is -0.482 e. The van der Waals surface area contributed by atoms with Crippen molar-refractivity contribution in [3.05, 3.63) is 54.1 Å². The molecule has 2 aromatic carbocycles. The third kappa shape index (κ3) is 4.17. The monoisotopic (exact) mass is 380 g/mol. The van der Waals surface area contributed by atoms with Crippen LogP contribution in [0.25, 0.3) is 0 Å². The predicted molar refractivity (Wildman–Crippen MR) is 107 cm³/mol. The molecule has 0 radical (unpaired) electrons. The highest BCUT2D eigenvalue weighted by atomic mass is 16.5. The van der Waals surface area contributed by atoms with E-state index >= 15 is 0 Å². The van der Waals surface area contributed by atoms with Gasteiger partial charge in [0.15, 0.2) is 6.61 Å². The number of benzene rings is 2. The van der Waals surface area contributed by atoms with Gasteiger partial charge in [0.2, 0.25) is 0 Å². The Morgan fingerprint density at radius 2 is 2.04 bits per heavy atom. The zero-order valence-electron chi connectivity index (χ0n) is 15.7. The molecule has 6 nitrogen and oxygen atoms in total. The van der Waals surface area contributed by atoms with Crippen molar-refractivity contribution in [1.29, 1.82) is 0 Å². The standard InChI is InChI=1S/C22H24N2O4/c25-21-15-28-19-11-10-17(23-22(26)20-9-5-13-27-20)14-18(19)24(21)12-4-8-16-6-2-1-3-7-16/h1-3,6-7,10-11,14,20H,4-5,8-9,12-13,15H2,(H,23,26). The lowest BCUT2D eigenvalue weighted by molar-refractivity contribution is -0.124. The third-order valence-corrected chi connectivity index (χ3v) is 5.08. The van der Waals surface area contributed by atoms with E-state index in [1.54, 1.807) is 17.0 Å². The first-order valence-corrected chi connectivity index (χ1v) is 9.74. The number of nitrogens with zero attached hydrogens (tertiary/aromatic N) is 1. The topological polar surface area (TPSA) is 67.9 Å². The fourth-order valence-electron chi connectivity index (χ4n) is 3.62. The highest BCUT2D eigenvalue weighted by Crippen LogP contribution is 2.35. The van der Waals surface area contributed by atoms with E-state index in [-0.39, 0.29) is 18.4 Å². The first kappa shape index (κ1) is 18.5. The van der Waals surface area contributed by atoms with Crippen LogP contribution in [0.5, 0.6) is 5.75 Å². The third-order valence-electron chi connectivity index (χ3n) is 5.08. The SMILES string of the molecule is O=C(Nc1ccc2c(c1)N(CCCc1ccccc1)C(=O)CO2)C1CCCO1. The summed E-state index contributed by atoms with van der Waals surface area (Å²) in [7, 11) is 0. The average molecular weight is 380 g/mol. The van der Waals surface area contributed by atoms with Gasteiger partial charge < -0.3 is 19.7 Å². The van der Waals surface area contributed by atoms with Crippen LogP contribution in [0.2, 0.25) is 0 Å². The molecule has 1 unspecified atom stereocenters. The van der Waals surface area contributed by atoms with Crippen LogP contribution in [0, 0.1) is 0 Å². The molecule has 1 N–H and O–H groups in total. The van der Waals surface area contributed by atoms with Crippen LogP contribution in [-0.2, 0) is 20.7 Å². The zero-order valence-corrected chi connectivity index (χ0v) is 15.7. The average Bonchev–Trinajstić information content (AvgIpc) is 3.26. The summed E-state index contributed by atoms with van der Waals surface area (Å²) in [6.07, 6.45) is 3.00. The Morgan fingerprint density at radius 1 is 1.18 bits per heavy atom. The lowest BCUT2D eigenvalue weighted by Crippen LogP contribution is -2.39. The van der Waals surface area contributed by atoms with Gasteiger partial charge in [0, 0.05) is 18.8 Å². The van der Waals surface area contributed by atoms with Gasteiger partial charge in [-0.15, -0.1) is 0 Å². The van der Waals surface area contributed by atoms with Gasteiger partial charge in [0.1, 0.15) is 11.9 Å². The highest BCUT2D eigenvalue weighted by Gasteiger charge is 2.27. The molecule has 2 aliphatic rings. The second-order valence-corrected chi connectivity index (χ2v) is 7.10. The molecule has 146 valence electrons. The molecule has 28 heavy (non-hydrogen) atoms. The van der Waals surface area contributed by atoms with Crippen molar-refractivity contribution in [3.63, 3.8) is 0 Å². The molecule has 1 atom stereocenters. The summed E-state index contributed by atoms with van der Waals surface area (Å²) in [6, 6.07) is 15.6. The van der Waals surface area contributed by atoms with Gasteiger partial charge in [-0.05, 0) is 49.4 Å². The summed E-state index contributed by atoms with van der Waals surface area (Å²) >= 11 is 0. The molecule has 0 saturated carbocycles. The molecule has 0 bridgehead atoms. The Labute approximate surface area is 164 Å². The van der Waals surface area contributed by atoms with Crippen LogP contribution in [0.15, 0.2) is 48.5 Å². The van der Waals surface area contributed by atoms with Gasteiger partial charge in [0.05, 0.1) is 5.69 Å². The largest absolute Gasteiger partial charge is 0.482 e. The van der Waals surface area contributed by atoms with Crippen molar-refractivity contribution >= 4 is 23.2 Å².